The lowest BCUT2D eigenvalue weighted by Gasteiger charge is -2.29. The van der Waals surface area contributed by atoms with Crippen molar-refractivity contribution in [3.8, 4) is 0 Å². The summed E-state index contributed by atoms with van der Waals surface area (Å²) in [5.74, 6) is 0.752. The Hall–Kier alpha value is -0.580. The standard InChI is InChI=1S/C10H15ClN4.ClH/c11-9-5-6-10(15-14-9)13-8-4-2-1-3-7(8)12;/h5-8H,1-4,12H2,(H,13,15);1H. The highest BCUT2D eigenvalue weighted by Crippen LogP contribution is 2.20. The van der Waals surface area contributed by atoms with Gasteiger partial charge in [0, 0.05) is 12.1 Å². The van der Waals surface area contributed by atoms with Gasteiger partial charge in [0.25, 0.3) is 0 Å². The van der Waals surface area contributed by atoms with Crippen LogP contribution in [0, 0.1) is 0 Å². The average Bonchev–Trinajstić information content (AvgIpc) is 2.25. The van der Waals surface area contributed by atoms with Gasteiger partial charge in [0.2, 0.25) is 0 Å². The summed E-state index contributed by atoms with van der Waals surface area (Å²) < 4.78 is 0. The van der Waals surface area contributed by atoms with E-state index in [2.05, 4.69) is 15.5 Å². The van der Waals surface area contributed by atoms with Crippen molar-refractivity contribution >= 4 is 29.8 Å². The molecule has 1 aliphatic carbocycles. The molecule has 1 saturated carbocycles. The zero-order valence-electron chi connectivity index (χ0n) is 8.90. The van der Waals surface area contributed by atoms with Crippen LogP contribution < -0.4 is 11.1 Å². The van der Waals surface area contributed by atoms with Crippen molar-refractivity contribution < 1.29 is 0 Å². The van der Waals surface area contributed by atoms with Crippen LogP contribution in [0.25, 0.3) is 0 Å². The van der Waals surface area contributed by atoms with Crippen molar-refractivity contribution in [1.29, 1.82) is 0 Å². The molecule has 0 aliphatic heterocycles. The molecule has 0 amide bonds. The molecule has 1 heterocycles. The number of rotatable bonds is 2. The molecule has 90 valence electrons. The van der Waals surface area contributed by atoms with Crippen molar-refractivity contribution in [2.24, 2.45) is 5.73 Å². The zero-order valence-corrected chi connectivity index (χ0v) is 10.5. The molecule has 1 fully saturated rings. The molecule has 2 unspecified atom stereocenters. The van der Waals surface area contributed by atoms with E-state index < -0.39 is 0 Å². The van der Waals surface area contributed by atoms with Crippen LogP contribution in [0.3, 0.4) is 0 Å². The van der Waals surface area contributed by atoms with Gasteiger partial charge < -0.3 is 11.1 Å². The molecule has 2 rings (SSSR count). The van der Waals surface area contributed by atoms with Crippen molar-refractivity contribution in [3.63, 3.8) is 0 Å². The first-order chi connectivity index (χ1) is 7.25. The van der Waals surface area contributed by atoms with Crippen molar-refractivity contribution in [1.82, 2.24) is 10.2 Å². The second-order valence-corrected chi connectivity index (χ2v) is 4.33. The van der Waals surface area contributed by atoms with Gasteiger partial charge in [0.1, 0.15) is 5.82 Å². The SMILES string of the molecule is Cl.NC1CCCCC1Nc1ccc(Cl)nn1. The van der Waals surface area contributed by atoms with E-state index in [1.165, 1.54) is 12.8 Å². The maximum Gasteiger partial charge on any atom is 0.151 e. The number of hydrogen-bond acceptors (Lipinski definition) is 4. The Kier molecular flexibility index (Phi) is 5.25. The minimum Gasteiger partial charge on any atom is -0.364 e. The fourth-order valence-electron chi connectivity index (χ4n) is 1.92. The topological polar surface area (TPSA) is 63.8 Å². The summed E-state index contributed by atoms with van der Waals surface area (Å²) in [5.41, 5.74) is 6.02. The Morgan fingerprint density at radius 1 is 1.25 bits per heavy atom. The van der Waals surface area contributed by atoms with E-state index >= 15 is 0 Å². The minimum atomic E-state index is 0. The van der Waals surface area contributed by atoms with Gasteiger partial charge in [0.15, 0.2) is 5.15 Å². The fourth-order valence-corrected chi connectivity index (χ4v) is 2.02. The molecule has 0 saturated heterocycles. The van der Waals surface area contributed by atoms with Gasteiger partial charge >= 0.3 is 0 Å². The maximum atomic E-state index is 6.02. The van der Waals surface area contributed by atoms with Crippen LogP contribution in [-0.4, -0.2) is 22.3 Å². The molecule has 0 aromatic carbocycles. The van der Waals surface area contributed by atoms with Crippen LogP contribution >= 0.6 is 24.0 Å². The summed E-state index contributed by atoms with van der Waals surface area (Å²) in [4.78, 5) is 0. The lowest BCUT2D eigenvalue weighted by Crippen LogP contribution is -2.42. The zero-order chi connectivity index (χ0) is 10.7. The molecule has 6 heteroatoms. The van der Waals surface area contributed by atoms with Crippen LogP contribution in [-0.2, 0) is 0 Å². The van der Waals surface area contributed by atoms with Crippen molar-refractivity contribution in [3.05, 3.63) is 17.3 Å². The maximum absolute atomic E-state index is 6.02. The van der Waals surface area contributed by atoms with E-state index in [4.69, 9.17) is 17.3 Å². The number of anilines is 1. The first-order valence-electron chi connectivity index (χ1n) is 5.27. The van der Waals surface area contributed by atoms with Gasteiger partial charge in [-0.2, -0.15) is 0 Å². The third-order valence-electron chi connectivity index (χ3n) is 2.78. The Morgan fingerprint density at radius 2 is 2.00 bits per heavy atom. The Labute approximate surface area is 106 Å². The predicted octanol–water partition coefficient (Wildman–Crippen LogP) is 2.23. The second-order valence-electron chi connectivity index (χ2n) is 3.94. The van der Waals surface area contributed by atoms with Crippen LogP contribution in [0.1, 0.15) is 25.7 Å². The molecule has 3 N–H and O–H groups in total. The minimum absolute atomic E-state index is 0. The number of aromatic nitrogens is 2. The molecule has 0 bridgehead atoms. The van der Waals surface area contributed by atoms with E-state index in [0.29, 0.717) is 11.2 Å². The molecule has 1 aromatic rings. The highest BCUT2D eigenvalue weighted by atomic mass is 35.5. The average molecular weight is 263 g/mol. The molecule has 0 spiro atoms. The number of nitrogens with one attached hydrogen (secondary N) is 1. The van der Waals surface area contributed by atoms with Gasteiger partial charge in [-0.1, -0.05) is 24.4 Å². The largest absolute Gasteiger partial charge is 0.364 e. The summed E-state index contributed by atoms with van der Waals surface area (Å²) >= 11 is 5.66. The lowest BCUT2D eigenvalue weighted by molar-refractivity contribution is 0.403. The van der Waals surface area contributed by atoms with Gasteiger partial charge in [-0.05, 0) is 25.0 Å². The molecule has 16 heavy (non-hydrogen) atoms. The number of nitrogens with zero attached hydrogens (tertiary/aromatic N) is 2. The molecular weight excluding hydrogens is 247 g/mol. The smallest absolute Gasteiger partial charge is 0.151 e. The molecule has 2 atom stereocenters. The third kappa shape index (κ3) is 3.47. The molecule has 1 aromatic heterocycles. The van der Waals surface area contributed by atoms with Crippen LogP contribution in [0.5, 0.6) is 0 Å². The molecule has 0 radical (unpaired) electrons. The molecule has 1 aliphatic rings. The van der Waals surface area contributed by atoms with Crippen LogP contribution in [0.15, 0.2) is 12.1 Å². The highest BCUT2D eigenvalue weighted by Gasteiger charge is 2.21. The predicted molar refractivity (Wildman–Crippen MR) is 68.1 cm³/mol. The summed E-state index contributed by atoms with van der Waals surface area (Å²) in [6.45, 7) is 0. The van der Waals surface area contributed by atoms with E-state index in [1.807, 2.05) is 6.07 Å². The van der Waals surface area contributed by atoms with Crippen molar-refractivity contribution in [2.45, 2.75) is 37.8 Å². The molecular formula is C10H16Cl2N4. The summed E-state index contributed by atoms with van der Waals surface area (Å²) in [7, 11) is 0. The first-order valence-corrected chi connectivity index (χ1v) is 5.65. The molecule has 4 nitrogen and oxygen atoms in total. The normalized spacial score (nSPS) is 24.6. The van der Waals surface area contributed by atoms with E-state index in [1.54, 1.807) is 6.07 Å². The summed E-state index contributed by atoms with van der Waals surface area (Å²) in [6, 6.07) is 4.09. The van der Waals surface area contributed by atoms with Gasteiger partial charge in [-0.25, -0.2) is 0 Å². The van der Waals surface area contributed by atoms with E-state index in [9.17, 15) is 0 Å². The van der Waals surface area contributed by atoms with Crippen LogP contribution in [0.4, 0.5) is 5.82 Å². The number of halogens is 2. The second kappa shape index (κ2) is 6.23. The fraction of sp³-hybridized carbons (Fsp3) is 0.600. The van der Waals surface area contributed by atoms with Gasteiger partial charge in [-0.3, -0.25) is 0 Å². The van der Waals surface area contributed by atoms with E-state index in [0.717, 1.165) is 18.7 Å². The summed E-state index contributed by atoms with van der Waals surface area (Å²) in [6.07, 6.45) is 4.64. The highest BCUT2D eigenvalue weighted by molar-refractivity contribution is 6.29. The third-order valence-corrected chi connectivity index (χ3v) is 2.99. The Bertz CT molecular complexity index is 317. The van der Waals surface area contributed by atoms with E-state index in [-0.39, 0.29) is 18.4 Å². The number of nitrogens with two attached hydrogens (primary N) is 1. The Balaban J connectivity index is 0.00000128. The number of hydrogen-bond donors (Lipinski definition) is 2. The summed E-state index contributed by atoms with van der Waals surface area (Å²) in [5, 5.41) is 11.5. The monoisotopic (exact) mass is 262 g/mol. The van der Waals surface area contributed by atoms with Gasteiger partial charge in [0.05, 0.1) is 0 Å². The first kappa shape index (κ1) is 13.5. The van der Waals surface area contributed by atoms with Crippen molar-refractivity contribution in [2.75, 3.05) is 5.32 Å². The Morgan fingerprint density at radius 3 is 2.62 bits per heavy atom. The van der Waals surface area contributed by atoms with Gasteiger partial charge in [-0.15, -0.1) is 22.6 Å². The lowest BCUT2D eigenvalue weighted by atomic mass is 9.91. The quantitative estimate of drug-likeness (QED) is 0.858. The van der Waals surface area contributed by atoms with Crippen LogP contribution in [0.2, 0.25) is 5.15 Å².